The molecule has 212 valence electrons. The Morgan fingerprint density at radius 1 is 1.07 bits per heavy atom. The van der Waals surface area contributed by atoms with Crippen molar-refractivity contribution in [3.63, 3.8) is 0 Å². The van der Waals surface area contributed by atoms with Gasteiger partial charge in [0.05, 0.1) is 29.4 Å². The summed E-state index contributed by atoms with van der Waals surface area (Å²) >= 11 is 6.09. The zero-order valence-electron chi connectivity index (χ0n) is 22.4. The van der Waals surface area contributed by atoms with Gasteiger partial charge in [0.2, 0.25) is 0 Å². The molecule has 40 heavy (non-hydrogen) atoms. The van der Waals surface area contributed by atoms with Crippen molar-refractivity contribution < 1.29 is 24.2 Å². The third-order valence-electron chi connectivity index (χ3n) is 7.04. The number of methoxy groups -OCH3 is 1. The van der Waals surface area contributed by atoms with Crippen molar-refractivity contribution in [2.45, 2.75) is 18.9 Å². The van der Waals surface area contributed by atoms with E-state index in [1.54, 1.807) is 6.07 Å². The lowest BCUT2D eigenvalue weighted by atomic mass is 9.96. The van der Waals surface area contributed by atoms with E-state index in [9.17, 15) is 14.7 Å². The third-order valence-corrected chi connectivity index (χ3v) is 7.37. The largest absolute Gasteiger partial charge is 0.496 e. The van der Waals surface area contributed by atoms with Gasteiger partial charge in [-0.3, -0.25) is 4.79 Å². The predicted molar refractivity (Wildman–Crippen MR) is 156 cm³/mol. The van der Waals surface area contributed by atoms with Crippen molar-refractivity contribution in [3.05, 3.63) is 77.3 Å². The SMILES string of the molecule is COc1cc(N)c(Cl)cc1C(=O)NCC1CCN(CC(COc2ccc(-c3ccccc3)cc2)NC(=O)O)CC1. The fourth-order valence-electron chi connectivity index (χ4n) is 4.82. The number of carbonyl (C=O) groups excluding carboxylic acids is 1. The van der Waals surface area contributed by atoms with Crippen molar-refractivity contribution in [2.75, 3.05) is 45.6 Å². The van der Waals surface area contributed by atoms with E-state index in [1.165, 1.54) is 13.2 Å². The van der Waals surface area contributed by atoms with Crippen LogP contribution in [0.1, 0.15) is 23.2 Å². The lowest BCUT2D eigenvalue weighted by Gasteiger charge is -2.34. The van der Waals surface area contributed by atoms with Gasteiger partial charge >= 0.3 is 6.09 Å². The quantitative estimate of drug-likeness (QED) is 0.247. The van der Waals surface area contributed by atoms with Crippen molar-refractivity contribution in [3.8, 4) is 22.6 Å². The number of hydrogen-bond acceptors (Lipinski definition) is 6. The fraction of sp³-hybridized carbons (Fsp3) is 0.333. The number of likely N-dealkylation sites (tertiary alicyclic amines) is 1. The van der Waals surface area contributed by atoms with Crippen molar-refractivity contribution >= 4 is 29.3 Å². The molecule has 9 nitrogen and oxygen atoms in total. The molecule has 0 aromatic heterocycles. The van der Waals surface area contributed by atoms with Crippen molar-refractivity contribution in [1.29, 1.82) is 0 Å². The monoisotopic (exact) mass is 566 g/mol. The highest BCUT2D eigenvalue weighted by Crippen LogP contribution is 2.29. The number of benzene rings is 3. The first kappa shape index (κ1) is 29.0. The van der Waals surface area contributed by atoms with E-state index in [1.807, 2.05) is 54.6 Å². The van der Waals surface area contributed by atoms with Crippen LogP contribution in [-0.4, -0.2) is 67.9 Å². The first-order chi connectivity index (χ1) is 19.3. The first-order valence-electron chi connectivity index (χ1n) is 13.2. The Bertz CT molecular complexity index is 1280. The Hall–Kier alpha value is -3.95. The van der Waals surface area contributed by atoms with Crippen LogP contribution < -0.4 is 25.8 Å². The maximum absolute atomic E-state index is 12.7. The van der Waals surface area contributed by atoms with E-state index in [4.69, 9.17) is 26.8 Å². The Morgan fingerprint density at radius 2 is 1.75 bits per heavy atom. The second kappa shape index (κ2) is 13.9. The molecule has 5 N–H and O–H groups in total. The van der Waals surface area contributed by atoms with Crippen LogP contribution in [0.15, 0.2) is 66.7 Å². The number of hydrogen-bond donors (Lipinski definition) is 4. The number of nitrogens with zero attached hydrogens (tertiary/aromatic N) is 1. The fourth-order valence-corrected chi connectivity index (χ4v) is 4.98. The number of nitrogen functional groups attached to an aromatic ring is 1. The number of anilines is 1. The molecule has 2 amide bonds. The molecule has 10 heteroatoms. The first-order valence-corrected chi connectivity index (χ1v) is 13.6. The molecule has 1 unspecified atom stereocenters. The van der Waals surface area contributed by atoms with Crippen LogP contribution in [0.4, 0.5) is 10.5 Å². The minimum atomic E-state index is -1.08. The van der Waals surface area contributed by atoms with Gasteiger partial charge in [0.25, 0.3) is 5.91 Å². The molecule has 0 aliphatic carbocycles. The van der Waals surface area contributed by atoms with Crippen LogP contribution in [0.2, 0.25) is 5.02 Å². The number of nitrogens with one attached hydrogen (secondary N) is 2. The molecule has 0 saturated carbocycles. The average Bonchev–Trinajstić information content (AvgIpc) is 2.97. The van der Waals surface area contributed by atoms with E-state index >= 15 is 0 Å². The van der Waals surface area contributed by atoms with Gasteiger partial charge in [-0.2, -0.15) is 0 Å². The van der Waals surface area contributed by atoms with Gasteiger partial charge in [0.15, 0.2) is 0 Å². The Morgan fingerprint density at radius 3 is 2.40 bits per heavy atom. The smallest absolute Gasteiger partial charge is 0.405 e. The maximum Gasteiger partial charge on any atom is 0.405 e. The van der Waals surface area contributed by atoms with E-state index in [0.717, 1.165) is 37.1 Å². The zero-order valence-corrected chi connectivity index (χ0v) is 23.2. The second-order valence-corrected chi connectivity index (χ2v) is 10.3. The molecule has 4 rings (SSSR count). The summed E-state index contributed by atoms with van der Waals surface area (Å²) in [5, 5.41) is 15.2. The van der Waals surface area contributed by atoms with Gasteiger partial charge in [-0.15, -0.1) is 0 Å². The van der Waals surface area contributed by atoms with E-state index in [2.05, 4.69) is 15.5 Å². The summed E-state index contributed by atoms with van der Waals surface area (Å²) in [4.78, 5) is 26.4. The lowest BCUT2D eigenvalue weighted by molar-refractivity contribution is 0.0929. The summed E-state index contributed by atoms with van der Waals surface area (Å²) in [5.74, 6) is 1.10. The highest BCUT2D eigenvalue weighted by molar-refractivity contribution is 6.33. The van der Waals surface area contributed by atoms with Crippen LogP contribution in [0.3, 0.4) is 0 Å². The van der Waals surface area contributed by atoms with E-state index < -0.39 is 6.09 Å². The summed E-state index contributed by atoms with van der Waals surface area (Å²) in [6, 6.07) is 20.5. The Kier molecular flexibility index (Phi) is 10.1. The standard InChI is InChI=1S/C30H35ClN4O5/c1-39-28-16-27(32)26(31)15-25(28)29(36)33-17-20-11-13-35(14-12-20)18-23(34-30(37)38)19-40-24-9-7-22(8-10-24)21-5-3-2-4-6-21/h2-10,15-16,20,23,34H,11-14,17-19,32H2,1H3,(H,33,36)(H,37,38). The number of amides is 2. The van der Waals surface area contributed by atoms with E-state index in [0.29, 0.717) is 46.8 Å². The molecule has 0 radical (unpaired) electrons. The molecule has 1 heterocycles. The number of nitrogens with two attached hydrogens (primary N) is 1. The minimum absolute atomic E-state index is 0.221. The summed E-state index contributed by atoms with van der Waals surface area (Å²) in [6.07, 6.45) is 0.673. The zero-order chi connectivity index (χ0) is 28.5. The molecule has 1 saturated heterocycles. The van der Waals surface area contributed by atoms with Crippen LogP contribution in [0, 0.1) is 5.92 Å². The molecule has 1 aliphatic heterocycles. The number of halogens is 1. The Balaban J connectivity index is 1.24. The van der Waals surface area contributed by atoms with Crippen molar-refractivity contribution in [1.82, 2.24) is 15.5 Å². The normalized spacial score (nSPS) is 14.8. The van der Waals surface area contributed by atoms with Crippen LogP contribution in [-0.2, 0) is 0 Å². The van der Waals surface area contributed by atoms with Gasteiger partial charge in [0, 0.05) is 19.2 Å². The van der Waals surface area contributed by atoms with E-state index in [-0.39, 0.29) is 18.6 Å². The second-order valence-electron chi connectivity index (χ2n) is 9.88. The highest BCUT2D eigenvalue weighted by atomic mass is 35.5. The predicted octanol–water partition coefficient (Wildman–Crippen LogP) is 4.75. The average molecular weight is 567 g/mol. The topological polar surface area (TPSA) is 126 Å². The molecule has 1 atom stereocenters. The maximum atomic E-state index is 12.7. The molecule has 3 aromatic carbocycles. The summed E-state index contributed by atoms with van der Waals surface area (Å²) in [7, 11) is 1.48. The third kappa shape index (κ3) is 8.03. The number of carboxylic acid groups (broad SMARTS) is 1. The van der Waals surface area contributed by atoms with Crippen molar-refractivity contribution in [2.24, 2.45) is 5.92 Å². The molecule has 0 bridgehead atoms. The minimum Gasteiger partial charge on any atom is -0.496 e. The number of rotatable bonds is 11. The summed E-state index contributed by atoms with van der Waals surface area (Å²) in [5.41, 5.74) is 8.71. The summed E-state index contributed by atoms with van der Waals surface area (Å²) < 4.78 is 11.2. The number of carbonyl (C=O) groups is 2. The molecule has 1 fully saturated rings. The molecule has 0 spiro atoms. The van der Waals surface area contributed by atoms with Crippen LogP contribution >= 0.6 is 11.6 Å². The molecule has 3 aromatic rings. The van der Waals surface area contributed by atoms with Gasteiger partial charge in [0.1, 0.15) is 18.1 Å². The van der Waals surface area contributed by atoms with Gasteiger partial charge in [-0.05, 0) is 61.2 Å². The van der Waals surface area contributed by atoms with Gasteiger partial charge < -0.3 is 35.8 Å². The summed E-state index contributed by atoms with van der Waals surface area (Å²) in [6.45, 7) is 2.87. The number of ether oxygens (including phenoxy) is 2. The highest BCUT2D eigenvalue weighted by Gasteiger charge is 2.24. The van der Waals surface area contributed by atoms with Crippen LogP contribution in [0.25, 0.3) is 11.1 Å². The lowest BCUT2D eigenvalue weighted by Crippen LogP contribution is -2.49. The molecular formula is C30H35ClN4O5. The van der Waals surface area contributed by atoms with Crippen LogP contribution in [0.5, 0.6) is 11.5 Å². The molecule has 1 aliphatic rings. The van der Waals surface area contributed by atoms with Gasteiger partial charge in [-0.25, -0.2) is 4.79 Å². The number of piperidine rings is 1. The Labute approximate surface area is 239 Å². The molecular weight excluding hydrogens is 532 g/mol. The van der Waals surface area contributed by atoms with Gasteiger partial charge in [-0.1, -0.05) is 54.1 Å².